The van der Waals surface area contributed by atoms with Crippen LogP contribution in [0.5, 0.6) is 0 Å². The summed E-state index contributed by atoms with van der Waals surface area (Å²) in [5.41, 5.74) is 0.523. The molecule has 0 aromatic heterocycles. The molecule has 1 rings (SSSR count). The Kier molecular flexibility index (Phi) is 5.25. The summed E-state index contributed by atoms with van der Waals surface area (Å²) < 4.78 is 0.738. The predicted molar refractivity (Wildman–Crippen MR) is 70.0 cm³/mol. The number of carbonyl (C=O) groups excluding carboxylic acids is 1. The lowest BCUT2D eigenvalue weighted by Gasteiger charge is -2.17. The van der Waals surface area contributed by atoms with Gasteiger partial charge in [0.15, 0.2) is 0 Å². The topological polar surface area (TPSA) is 32.3 Å². The zero-order chi connectivity index (χ0) is 12.1. The third-order valence-corrected chi connectivity index (χ3v) is 3.52. The summed E-state index contributed by atoms with van der Waals surface area (Å²) in [6.07, 6.45) is 0. The minimum atomic E-state index is -0.0680. The molecule has 0 fully saturated rings. The van der Waals surface area contributed by atoms with Crippen LogP contribution in [0.25, 0.3) is 0 Å². The molecule has 3 nitrogen and oxygen atoms in total. The van der Waals surface area contributed by atoms with Crippen molar-refractivity contribution < 1.29 is 4.79 Å². The Balaban J connectivity index is 2.84. The van der Waals surface area contributed by atoms with Crippen LogP contribution < -0.4 is 5.32 Å². The smallest absolute Gasteiger partial charge is 0.255 e. The van der Waals surface area contributed by atoms with Crippen molar-refractivity contribution in [3.8, 4) is 0 Å². The number of halogens is 2. The van der Waals surface area contributed by atoms with Crippen molar-refractivity contribution >= 4 is 33.4 Å². The van der Waals surface area contributed by atoms with Crippen LogP contribution in [0.15, 0.2) is 22.7 Å². The standard InChI is InChI=1S/C11H14BrClN2O/c1-14-6-7-15(2)11(16)8-4-3-5-9(12)10(8)13/h3-5,14H,6-7H2,1-2H3. The average molecular weight is 306 g/mol. The summed E-state index contributed by atoms with van der Waals surface area (Å²) in [5.74, 6) is -0.0680. The minimum absolute atomic E-state index is 0.0680. The first-order chi connectivity index (χ1) is 7.57. The number of carbonyl (C=O) groups is 1. The first kappa shape index (κ1) is 13.5. The highest BCUT2D eigenvalue weighted by atomic mass is 79.9. The number of hydrogen-bond acceptors (Lipinski definition) is 2. The van der Waals surface area contributed by atoms with Gasteiger partial charge in [-0.2, -0.15) is 0 Å². The maximum Gasteiger partial charge on any atom is 0.255 e. The Morgan fingerprint density at radius 3 is 2.88 bits per heavy atom. The molecule has 0 bridgehead atoms. The molecule has 1 N–H and O–H groups in total. The molecule has 0 aliphatic carbocycles. The van der Waals surface area contributed by atoms with Crippen molar-refractivity contribution in [1.29, 1.82) is 0 Å². The molecule has 1 aromatic rings. The van der Waals surface area contributed by atoms with Gasteiger partial charge in [-0.05, 0) is 35.1 Å². The van der Waals surface area contributed by atoms with E-state index in [0.717, 1.165) is 11.0 Å². The predicted octanol–water partition coefficient (Wildman–Crippen LogP) is 2.39. The molecule has 0 spiro atoms. The second kappa shape index (κ2) is 6.23. The van der Waals surface area contributed by atoms with Crippen molar-refractivity contribution in [3.63, 3.8) is 0 Å². The van der Waals surface area contributed by atoms with Gasteiger partial charge in [-0.15, -0.1) is 0 Å². The number of benzene rings is 1. The van der Waals surface area contributed by atoms with Gasteiger partial charge in [0.05, 0.1) is 10.6 Å². The van der Waals surface area contributed by atoms with Crippen LogP contribution in [-0.4, -0.2) is 38.0 Å². The number of nitrogens with one attached hydrogen (secondary N) is 1. The Hall–Kier alpha value is -0.580. The van der Waals surface area contributed by atoms with Crippen molar-refractivity contribution in [2.75, 3.05) is 27.2 Å². The van der Waals surface area contributed by atoms with Gasteiger partial charge in [0.2, 0.25) is 0 Å². The molecule has 0 aliphatic heterocycles. The minimum Gasteiger partial charge on any atom is -0.340 e. The molecule has 0 heterocycles. The summed E-state index contributed by atoms with van der Waals surface area (Å²) in [7, 11) is 3.61. The molecule has 1 amide bonds. The van der Waals surface area contributed by atoms with Crippen LogP contribution in [0.1, 0.15) is 10.4 Å². The Labute approximate surface area is 109 Å². The van der Waals surface area contributed by atoms with Gasteiger partial charge < -0.3 is 10.2 Å². The number of amides is 1. The summed E-state index contributed by atoms with van der Waals surface area (Å²) in [4.78, 5) is 13.7. The van der Waals surface area contributed by atoms with Crippen molar-refractivity contribution in [2.24, 2.45) is 0 Å². The van der Waals surface area contributed by atoms with E-state index in [1.165, 1.54) is 0 Å². The average Bonchev–Trinajstić information content (AvgIpc) is 2.28. The molecule has 0 aliphatic rings. The van der Waals surface area contributed by atoms with Crippen LogP contribution in [-0.2, 0) is 0 Å². The van der Waals surface area contributed by atoms with E-state index in [2.05, 4.69) is 21.2 Å². The monoisotopic (exact) mass is 304 g/mol. The maximum absolute atomic E-state index is 12.0. The van der Waals surface area contributed by atoms with Gasteiger partial charge in [-0.1, -0.05) is 17.7 Å². The second-order valence-electron chi connectivity index (χ2n) is 3.43. The maximum atomic E-state index is 12.0. The largest absolute Gasteiger partial charge is 0.340 e. The molecule has 0 radical (unpaired) electrons. The lowest BCUT2D eigenvalue weighted by atomic mass is 10.2. The van der Waals surface area contributed by atoms with E-state index in [-0.39, 0.29) is 5.91 Å². The highest BCUT2D eigenvalue weighted by molar-refractivity contribution is 9.10. The fourth-order valence-corrected chi connectivity index (χ4v) is 1.83. The number of nitrogens with zero attached hydrogens (tertiary/aromatic N) is 1. The van der Waals surface area contributed by atoms with Gasteiger partial charge in [0, 0.05) is 24.6 Å². The number of rotatable bonds is 4. The van der Waals surface area contributed by atoms with Crippen molar-refractivity contribution in [3.05, 3.63) is 33.3 Å². The van der Waals surface area contributed by atoms with Crippen molar-refractivity contribution in [1.82, 2.24) is 10.2 Å². The molecule has 0 unspecified atom stereocenters. The van der Waals surface area contributed by atoms with Crippen molar-refractivity contribution in [2.45, 2.75) is 0 Å². The quantitative estimate of drug-likeness (QED) is 0.926. The molecule has 1 aromatic carbocycles. The number of likely N-dealkylation sites (N-methyl/N-ethyl adjacent to an activating group) is 2. The molecule has 0 saturated carbocycles. The van der Waals surface area contributed by atoms with Gasteiger partial charge in [0.1, 0.15) is 0 Å². The van der Waals surface area contributed by atoms with Gasteiger partial charge in [-0.25, -0.2) is 0 Å². The lowest BCUT2D eigenvalue weighted by molar-refractivity contribution is 0.0797. The highest BCUT2D eigenvalue weighted by Gasteiger charge is 2.15. The lowest BCUT2D eigenvalue weighted by Crippen LogP contribution is -2.32. The van der Waals surface area contributed by atoms with E-state index >= 15 is 0 Å². The fraction of sp³-hybridized carbons (Fsp3) is 0.364. The highest BCUT2D eigenvalue weighted by Crippen LogP contribution is 2.26. The Morgan fingerprint density at radius 2 is 2.25 bits per heavy atom. The van der Waals surface area contributed by atoms with Gasteiger partial charge >= 0.3 is 0 Å². The van der Waals surface area contributed by atoms with E-state index in [9.17, 15) is 4.79 Å². The summed E-state index contributed by atoms with van der Waals surface area (Å²) in [6, 6.07) is 5.34. The fourth-order valence-electron chi connectivity index (χ4n) is 1.26. The summed E-state index contributed by atoms with van der Waals surface area (Å²) >= 11 is 9.36. The van der Waals surface area contributed by atoms with Crippen LogP contribution >= 0.6 is 27.5 Å². The first-order valence-electron chi connectivity index (χ1n) is 4.92. The molecular weight excluding hydrogens is 291 g/mol. The van der Waals surface area contributed by atoms with Crippen LogP contribution in [0.3, 0.4) is 0 Å². The third kappa shape index (κ3) is 3.20. The summed E-state index contributed by atoms with van der Waals surface area (Å²) in [5, 5.41) is 3.46. The van der Waals surface area contributed by atoms with E-state index < -0.39 is 0 Å². The van der Waals surface area contributed by atoms with E-state index in [1.807, 2.05) is 13.1 Å². The number of hydrogen-bond donors (Lipinski definition) is 1. The van der Waals surface area contributed by atoms with E-state index in [4.69, 9.17) is 11.6 Å². The van der Waals surface area contributed by atoms with Gasteiger partial charge in [0.25, 0.3) is 5.91 Å². The molecule has 88 valence electrons. The SMILES string of the molecule is CNCCN(C)C(=O)c1cccc(Br)c1Cl. The zero-order valence-corrected chi connectivity index (χ0v) is 11.6. The molecule has 16 heavy (non-hydrogen) atoms. The first-order valence-corrected chi connectivity index (χ1v) is 6.09. The Bertz CT molecular complexity index is 384. The molecule has 0 saturated heterocycles. The third-order valence-electron chi connectivity index (χ3n) is 2.23. The normalized spacial score (nSPS) is 10.2. The molecular formula is C11H14BrClN2O. The van der Waals surface area contributed by atoms with Crippen LogP contribution in [0.2, 0.25) is 5.02 Å². The van der Waals surface area contributed by atoms with Gasteiger partial charge in [-0.3, -0.25) is 4.79 Å². The molecule has 0 atom stereocenters. The van der Waals surface area contributed by atoms with Crippen LogP contribution in [0.4, 0.5) is 0 Å². The second-order valence-corrected chi connectivity index (χ2v) is 4.66. The van der Waals surface area contributed by atoms with Crippen LogP contribution in [0, 0.1) is 0 Å². The van der Waals surface area contributed by atoms with E-state index in [0.29, 0.717) is 17.1 Å². The molecule has 5 heteroatoms. The Morgan fingerprint density at radius 1 is 1.56 bits per heavy atom. The van der Waals surface area contributed by atoms with E-state index in [1.54, 1.807) is 24.1 Å². The zero-order valence-electron chi connectivity index (χ0n) is 9.26. The summed E-state index contributed by atoms with van der Waals surface area (Å²) in [6.45, 7) is 1.41.